The molecular formula is C20H23N3O2. The lowest BCUT2D eigenvalue weighted by atomic mass is 10.1. The number of nitrogens with zero attached hydrogens (tertiary/aromatic N) is 2. The number of Topliss-reactive ketones (excluding diaryl/α,β-unsaturated/α-hetero) is 1. The molecule has 5 heteroatoms. The molecule has 1 unspecified atom stereocenters. The molecule has 3 rings (SSSR count). The van der Waals surface area contributed by atoms with Crippen LogP contribution in [0.3, 0.4) is 0 Å². The van der Waals surface area contributed by atoms with Crippen molar-refractivity contribution in [2.75, 3.05) is 18.0 Å². The van der Waals surface area contributed by atoms with Crippen LogP contribution in [0, 0.1) is 0 Å². The lowest BCUT2D eigenvalue weighted by Crippen LogP contribution is -2.37. The van der Waals surface area contributed by atoms with Crippen molar-refractivity contribution in [2.45, 2.75) is 31.7 Å². The molecule has 1 aliphatic heterocycles. The number of hydrogen-bond donors (Lipinski definition) is 1. The van der Waals surface area contributed by atoms with E-state index in [1.807, 2.05) is 48.5 Å². The number of benzene rings is 1. The third kappa shape index (κ3) is 4.89. The van der Waals surface area contributed by atoms with Crippen LogP contribution in [0.5, 0.6) is 0 Å². The van der Waals surface area contributed by atoms with Crippen LogP contribution in [-0.4, -0.2) is 35.8 Å². The zero-order valence-corrected chi connectivity index (χ0v) is 14.2. The summed E-state index contributed by atoms with van der Waals surface area (Å²) in [5, 5.41) is 3.07. The summed E-state index contributed by atoms with van der Waals surface area (Å²) in [7, 11) is 0. The minimum absolute atomic E-state index is 0.0220. The Morgan fingerprint density at radius 3 is 2.64 bits per heavy atom. The molecule has 0 saturated carbocycles. The minimum Gasteiger partial charge on any atom is -0.354 e. The van der Waals surface area contributed by atoms with Gasteiger partial charge in [-0.1, -0.05) is 36.4 Å². The van der Waals surface area contributed by atoms with Crippen molar-refractivity contribution in [3.8, 4) is 0 Å². The van der Waals surface area contributed by atoms with Gasteiger partial charge in [-0.3, -0.25) is 9.59 Å². The van der Waals surface area contributed by atoms with Gasteiger partial charge >= 0.3 is 0 Å². The summed E-state index contributed by atoms with van der Waals surface area (Å²) in [4.78, 5) is 30.7. The van der Waals surface area contributed by atoms with Crippen molar-refractivity contribution in [1.82, 2.24) is 10.3 Å². The quantitative estimate of drug-likeness (QED) is 0.789. The highest BCUT2D eigenvalue weighted by molar-refractivity contribution is 5.96. The molecule has 25 heavy (non-hydrogen) atoms. The molecule has 1 aromatic heterocycles. The Hall–Kier alpha value is -2.69. The van der Waals surface area contributed by atoms with Crippen LogP contribution >= 0.6 is 0 Å². The third-order valence-corrected chi connectivity index (χ3v) is 4.43. The van der Waals surface area contributed by atoms with Gasteiger partial charge in [0.05, 0.1) is 0 Å². The van der Waals surface area contributed by atoms with E-state index in [1.54, 1.807) is 6.20 Å². The second-order valence-corrected chi connectivity index (χ2v) is 6.33. The number of nitrogens with one attached hydrogen (secondary N) is 1. The molecule has 2 heterocycles. The normalized spacial score (nSPS) is 16.6. The first-order chi connectivity index (χ1) is 12.2. The van der Waals surface area contributed by atoms with Gasteiger partial charge in [0.2, 0.25) is 5.91 Å². The average molecular weight is 337 g/mol. The standard InChI is InChI=1S/C20H23N3O2/c24-18(16-7-2-1-3-8-16)9-6-11-20(25)22-17-12-14-23(15-17)19-10-4-5-13-21-19/h1-5,7-8,10,13,17H,6,9,11-12,14-15H2,(H,22,25). The molecule has 0 bridgehead atoms. The van der Waals surface area contributed by atoms with Crippen LogP contribution < -0.4 is 10.2 Å². The number of aromatic nitrogens is 1. The van der Waals surface area contributed by atoms with Gasteiger partial charge in [-0.2, -0.15) is 0 Å². The van der Waals surface area contributed by atoms with E-state index in [2.05, 4.69) is 15.2 Å². The maximum Gasteiger partial charge on any atom is 0.220 e. The first kappa shape index (κ1) is 17.1. The average Bonchev–Trinajstić information content (AvgIpc) is 3.11. The van der Waals surface area contributed by atoms with E-state index >= 15 is 0 Å². The molecule has 5 nitrogen and oxygen atoms in total. The van der Waals surface area contributed by atoms with Crippen molar-refractivity contribution >= 4 is 17.5 Å². The Morgan fingerprint density at radius 1 is 1.08 bits per heavy atom. The Labute approximate surface area is 148 Å². The predicted molar refractivity (Wildman–Crippen MR) is 97.6 cm³/mol. The summed E-state index contributed by atoms with van der Waals surface area (Å²) in [6, 6.07) is 15.2. The van der Waals surface area contributed by atoms with E-state index in [0.29, 0.717) is 24.8 Å². The van der Waals surface area contributed by atoms with E-state index in [1.165, 1.54) is 0 Å². The lowest BCUT2D eigenvalue weighted by Gasteiger charge is -2.17. The van der Waals surface area contributed by atoms with Gasteiger partial charge in [-0.15, -0.1) is 0 Å². The molecule has 0 radical (unpaired) electrons. The zero-order valence-electron chi connectivity index (χ0n) is 14.2. The third-order valence-electron chi connectivity index (χ3n) is 4.43. The van der Waals surface area contributed by atoms with Crippen LogP contribution in [0.2, 0.25) is 0 Å². The topological polar surface area (TPSA) is 62.3 Å². The van der Waals surface area contributed by atoms with Gasteiger partial charge in [-0.05, 0) is 25.0 Å². The number of carbonyl (C=O) groups excluding carboxylic acids is 2. The van der Waals surface area contributed by atoms with Gasteiger partial charge in [-0.25, -0.2) is 4.98 Å². The Kier molecular flexibility index (Phi) is 5.77. The SMILES string of the molecule is O=C(CCCC(=O)c1ccccc1)NC1CCN(c2ccccn2)C1. The van der Waals surface area contributed by atoms with E-state index < -0.39 is 0 Å². The van der Waals surface area contributed by atoms with Gasteiger partial charge in [0.1, 0.15) is 5.82 Å². The summed E-state index contributed by atoms with van der Waals surface area (Å²) in [5.74, 6) is 1.07. The second-order valence-electron chi connectivity index (χ2n) is 6.33. The van der Waals surface area contributed by atoms with Crippen LogP contribution in [0.25, 0.3) is 0 Å². The van der Waals surface area contributed by atoms with Crippen molar-refractivity contribution < 1.29 is 9.59 Å². The summed E-state index contributed by atoms with van der Waals surface area (Å²) in [6.45, 7) is 1.68. The number of amides is 1. The molecule has 2 aromatic rings. The largest absolute Gasteiger partial charge is 0.354 e. The first-order valence-electron chi connectivity index (χ1n) is 8.76. The van der Waals surface area contributed by atoms with Crippen LogP contribution in [-0.2, 0) is 4.79 Å². The van der Waals surface area contributed by atoms with E-state index in [4.69, 9.17) is 0 Å². The second kappa shape index (κ2) is 8.42. The van der Waals surface area contributed by atoms with E-state index in [9.17, 15) is 9.59 Å². The predicted octanol–water partition coefficient (Wildman–Crippen LogP) is 2.83. The molecule has 1 N–H and O–H groups in total. The molecule has 1 saturated heterocycles. The number of carbonyl (C=O) groups is 2. The smallest absolute Gasteiger partial charge is 0.220 e. The monoisotopic (exact) mass is 337 g/mol. The summed E-state index contributed by atoms with van der Waals surface area (Å²) >= 11 is 0. The molecule has 1 atom stereocenters. The highest BCUT2D eigenvalue weighted by Crippen LogP contribution is 2.17. The fourth-order valence-corrected chi connectivity index (χ4v) is 3.10. The van der Waals surface area contributed by atoms with Crippen LogP contribution in [0.1, 0.15) is 36.0 Å². The number of pyridine rings is 1. The number of rotatable bonds is 7. The van der Waals surface area contributed by atoms with E-state index in [-0.39, 0.29) is 17.7 Å². The minimum atomic E-state index is 0.0220. The summed E-state index contributed by atoms with van der Waals surface area (Å²) in [6.07, 6.45) is 4.08. The number of ketones is 1. The molecule has 0 aliphatic carbocycles. The molecule has 0 spiro atoms. The highest BCUT2D eigenvalue weighted by atomic mass is 16.1. The summed E-state index contributed by atoms with van der Waals surface area (Å²) in [5.41, 5.74) is 0.713. The van der Waals surface area contributed by atoms with Gasteiger partial charge < -0.3 is 10.2 Å². The van der Waals surface area contributed by atoms with Crippen molar-refractivity contribution in [2.24, 2.45) is 0 Å². The van der Waals surface area contributed by atoms with Crippen LogP contribution in [0.4, 0.5) is 5.82 Å². The van der Waals surface area contributed by atoms with Crippen molar-refractivity contribution in [3.63, 3.8) is 0 Å². The Bertz CT molecular complexity index is 703. The van der Waals surface area contributed by atoms with Crippen molar-refractivity contribution in [1.29, 1.82) is 0 Å². The van der Waals surface area contributed by atoms with Gasteiger partial charge in [0, 0.05) is 43.7 Å². The number of hydrogen-bond acceptors (Lipinski definition) is 4. The van der Waals surface area contributed by atoms with Crippen LogP contribution in [0.15, 0.2) is 54.7 Å². The van der Waals surface area contributed by atoms with Gasteiger partial charge in [0.25, 0.3) is 0 Å². The highest BCUT2D eigenvalue weighted by Gasteiger charge is 2.24. The summed E-state index contributed by atoms with van der Waals surface area (Å²) < 4.78 is 0. The Balaban J connectivity index is 1.38. The molecule has 130 valence electrons. The van der Waals surface area contributed by atoms with E-state index in [0.717, 1.165) is 25.3 Å². The van der Waals surface area contributed by atoms with Crippen molar-refractivity contribution in [3.05, 3.63) is 60.3 Å². The molecule has 1 aliphatic rings. The molecule has 1 amide bonds. The molecule has 1 fully saturated rings. The number of anilines is 1. The zero-order chi connectivity index (χ0) is 17.5. The lowest BCUT2D eigenvalue weighted by molar-refractivity contribution is -0.121. The fourth-order valence-electron chi connectivity index (χ4n) is 3.10. The van der Waals surface area contributed by atoms with Gasteiger partial charge in [0.15, 0.2) is 5.78 Å². The molecule has 1 aromatic carbocycles. The fraction of sp³-hybridized carbons (Fsp3) is 0.350. The Morgan fingerprint density at radius 2 is 1.88 bits per heavy atom. The molecular weight excluding hydrogens is 314 g/mol. The maximum absolute atomic E-state index is 12.1. The first-order valence-corrected chi connectivity index (χ1v) is 8.76. The maximum atomic E-state index is 12.1.